The third-order valence-corrected chi connectivity index (χ3v) is 6.38. The second-order valence-electron chi connectivity index (χ2n) is 8.54. The van der Waals surface area contributed by atoms with E-state index in [1.807, 2.05) is 42.5 Å². The molecule has 33 heavy (non-hydrogen) atoms. The molecule has 0 amide bonds. The lowest BCUT2D eigenvalue weighted by Gasteiger charge is -2.14. The maximum atomic E-state index is 12.0. The summed E-state index contributed by atoms with van der Waals surface area (Å²) in [5, 5.41) is 5.30. The van der Waals surface area contributed by atoms with E-state index in [0.717, 1.165) is 46.9 Å². The summed E-state index contributed by atoms with van der Waals surface area (Å²) in [5.74, 6) is 2.00. The Hall–Kier alpha value is -3.45. The molecule has 0 saturated carbocycles. The predicted octanol–water partition coefficient (Wildman–Crippen LogP) is 4.89. The van der Waals surface area contributed by atoms with E-state index in [0.29, 0.717) is 22.8 Å². The van der Waals surface area contributed by atoms with Crippen molar-refractivity contribution in [2.24, 2.45) is 0 Å². The molecule has 0 aliphatic carbocycles. The number of hydrogen-bond acceptors (Lipinski definition) is 6. The minimum absolute atomic E-state index is 0.505. The van der Waals surface area contributed by atoms with Crippen LogP contribution in [0.4, 0.5) is 5.82 Å². The largest absolute Gasteiger partial charge is 0.497 e. The SMILES string of the molecule is COc1ccc2[nH]c(-c3nc(NCCCCN4CCCC4)c4ccccc4n3)c(C=O)c2c1. The zero-order valence-corrected chi connectivity index (χ0v) is 18.9. The first-order valence-corrected chi connectivity index (χ1v) is 11.6. The molecule has 2 aromatic heterocycles. The number of likely N-dealkylation sites (tertiary alicyclic amines) is 1. The summed E-state index contributed by atoms with van der Waals surface area (Å²) in [5.41, 5.74) is 2.85. The molecule has 5 rings (SSSR count). The number of aromatic nitrogens is 3. The van der Waals surface area contributed by atoms with Gasteiger partial charge in [-0.15, -0.1) is 0 Å². The molecule has 1 aliphatic heterocycles. The van der Waals surface area contributed by atoms with E-state index in [2.05, 4.69) is 15.2 Å². The molecule has 170 valence electrons. The number of unbranched alkanes of at least 4 members (excludes halogenated alkanes) is 1. The Labute approximate surface area is 193 Å². The molecule has 2 N–H and O–H groups in total. The third kappa shape index (κ3) is 4.41. The number of para-hydroxylation sites is 1. The number of nitrogens with one attached hydrogen (secondary N) is 2. The fraction of sp³-hybridized carbons (Fsp3) is 0.346. The van der Waals surface area contributed by atoms with Gasteiger partial charge in [0.15, 0.2) is 12.1 Å². The van der Waals surface area contributed by atoms with Crippen LogP contribution in [0.2, 0.25) is 0 Å². The van der Waals surface area contributed by atoms with Crippen LogP contribution >= 0.6 is 0 Å². The van der Waals surface area contributed by atoms with Gasteiger partial charge in [-0.25, -0.2) is 9.97 Å². The van der Waals surface area contributed by atoms with Crippen molar-refractivity contribution in [3.63, 3.8) is 0 Å². The fourth-order valence-corrected chi connectivity index (χ4v) is 4.61. The normalized spacial score (nSPS) is 14.2. The number of benzene rings is 2. The van der Waals surface area contributed by atoms with Gasteiger partial charge in [-0.3, -0.25) is 4.79 Å². The number of H-pyrrole nitrogens is 1. The number of rotatable bonds is 9. The standard InChI is InChI=1S/C26H29N5O2/c1-33-18-10-11-23-20(16-18)21(17-32)24(28-23)26-29-22-9-3-2-8-19(22)25(30-26)27-12-4-5-13-31-14-6-7-15-31/h2-3,8-11,16-17,28H,4-7,12-15H2,1H3,(H,27,29,30). The Morgan fingerprint density at radius 3 is 2.76 bits per heavy atom. The van der Waals surface area contributed by atoms with Gasteiger partial charge >= 0.3 is 0 Å². The van der Waals surface area contributed by atoms with Gasteiger partial charge in [0.05, 0.1) is 23.9 Å². The maximum Gasteiger partial charge on any atom is 0.179 e. The van der Waals surface area contributed by atoms with Gasteiger partial charge in [-0.1, -0.05) is 12.1 Å². The number of methoxy groups -OCH3 is 1. The number of carbonyl (C=O) groups is 1. The summed E-state index contributed by atoms with van der Waals surface area (Å²) in [6.45, 7) is 4.49. The lowest BCUT2D eigenvalue weighted by atomic mass is 10.1. The van der Waals surface area contributed by atoms with Gasteiger partial charge < -0.3 is 19.9 Å². The summed E-state index contributed by atoms with van der Waals surface area (Å²) in [7, 11) is 1.62. The molecule has 0 spiro atoms. The van der Waals surface area contributed by atoms with Crippen molar-refractivity contribution in [1.82, 2.24) is 19.9 Å². The summed E-state index contributed by atoms with van der Waals surface area (Å²) in [4.78, 5) is 27.5. The van der Waals surface area contributed by atoms with E-state index in [1.165, 1.54) is 38.9 Å². The highest BCUT2D eigenvalue weighted by Crippen LogP contribution is 2.32. The van der Waals surface area contributed by atoms with Gasteiger partial charge in [0.25, 0.3) is 0 Å². The molecular weight excluding hydrogens is 414 g/mol. The number of aldehydes is 1. The number of anilines is 1. The lowest BCUT2D eigenvalue weighted by Crippen LogP contribution is -2.21. The molecule has 1 fully saturated rings. The van der Waals surface area contributed by atoms with Crippen LogP contribution < -0.4 is 10.1 Å². The van der Waals surface area contributed by atoms with Gasteiger partial charge in [0.1, 0.15) is 11.6 Å². The molecule has 7 heteroatoms. The molecule has 0 radical (unpaired) electrons. The summed E-state index contributed by atoms with van der Waals surface area (Å²) < 4.78 is 5.34. The highest BCUT2D eigenvalue weighted by atomic mass is 16.5. The predicted molar refractivity (Wildman–Crippen MR) is 132 cm³/mol. The maximum absolute atomic E-state index is 12.0. The van der Waals surface area contributed by atoms with E-state index in [1.54, 1.807) is 7.11 Å². The highest BCUT2D eigenvalue weighted by molar-refractivity contribution is 6.04. The number of nitrogens with zero attached hydrogens (tertiary/aromatic N) is 3. The summed E-state index contributed by atoms with van der Waals surface area (Å²) in [6.07, 6.45) is 5.77. The number of fused-ring (bicyclic) bond motifs is 2. The molecule has 4 aromatic rings. The number of hydrogen-bond donors (Lipinski definition) is 2. The van der Waals surface area contributed by atoms with Crippen LogP contribution in [0.1, 0.15) is 36.0 Å². The van der Waals surface area contributed by atoms with E-state index >= 15 is 0 Å². The molecule has 2 aromatic carbocycles. The van der Waals surface area contributed by atoms with Gasteiger partial charge in [0, 0.05) is 22.8 Å². The van der Waals surface area contributed by atoms with E-state index in [4.69, 9.17) is 14.7 Å². The first kappa shape index (κ1) is 21.4. The van der Waals surface area contributed by atoms with E-state index in [-0.39, 0.29) is 0 Å². The minimum Gasteiger partial charge on any atom is -0.497 e. The zero-order chi connectivity index (χ0) is 22.6. The van der Waals surface area contributed by atoms with Crippen LogP contribution in [0.3, 0.4) is 0 Å². The molecule has 1 aliphatic rings. The zero-order valence-electron chi connectivity index (χ0n) is 18.9. The number of ether oxygens (including phenoxy) is 1. The number of carbonyl (C=O) groups excluding carboxylic acids is 1. The smallest absolute Gasteiger partial charge is 0.179 e. The average Bonchev–Trinajstić information content (AvgIpc) is 3.50. The minimum atomic E-state index is 0.505. The molecular formula is C26H29N5O2. The number of aromatic amines is 1. The van der Waals surface area contributed by atoms with Crippen LogP contribution in [-0.4, -0.2) is 59.4 Å². The van der Waals surface area contributed by atoms with Crippen molar-refractivity contribution >= 4 is 33.9 Å². The summed E-state index contributed by atoms with van der Waals surface area (Å²) >= 11 is 0. The molecule has 7 nitrogen and oxygen atoms in total. The second-order valence-corrected chi connectivity index (χ2v) is 8.54. The van der Waals surface area contributed by atoms with Crippen LogP contribution in [0.5, 0.6) is 5.75 Å². The molecule has 1 saturated heterocycles. The van der Waals surface area contributed by atoms with Crippen molar-refractivity contribution in [2.75, 3.05) is 38.6 Å². The quantitative estimate of drug-likeness (QED) is 0.283. The van der Waals surface area contributed by atoms with Crippen molar-refractivity contribution in [1.29, 1.82) is 0 Å². The van der Waals surface area contributed by atoms with E-state index in [9.17, 15) is 4.79 Å². The van der Waals surface area contributed by atoms with Crippen molar-refractivity contribution in [3.8, 4) is 17.3 Å². The topological polar surface area (TPSA) is 83.1 Å². The molecule has 3 heterocycles. The third-order valence-electron chi connectivity index (χ3n) is 6.38. The lowest BCUT2D eigenvalue weighted by molar-refractivity contribution is 0.112. The Kier molecular flexibility index (Phi) is 6.21. The highest BCUT2D eigenvalue weighted by Gasteiger charge is 2.18. The Morgan fingerprint density at radius 2 is 1.94 bits per heavy atom. The summed E-state index contributed by atoms with van der Waals surface area (Å²) in [6, 6.07) is 13.6. The van der Waals surface area contributed by atoms with Gasteiger partial charge in [0.2, 0.25) is 0 Å². The van der Waals surface area contributed by atoms with Crippen molar-refractivity contribution < 1.29 is 9.53 Å². The fourth-order valence-electron chi connectivity index (χ4n) is 4.61. The van der Waals surface area contributed by atoms with Crippen LogP contribution in [0, 0.1) is 0 Å². The van der Waals surface area contributed by atoms with Crippen LogP contribution in [0.15, 0.2) is 42.5 Å². The van der Waals surface area contributed by atoms with Crippen LogP contribution in [0.25, 0.3) is 33.3 Å². The van der Waals surface area contributed by atoms with Gasteiger partial charge in [-0.2, -0.15) is 0 Å². The van der Waals surface area contributed by atoms with Crippen LogP contribution in [-0.2, 0) is 0 Å². The Morgan fingerprint density at radius 1 is 1.09 bits per heavy atom. The molecule has 0 unspecified atom stereocenters. The monoisotopic (exact) mass is 443 g/mol. The van der Waals surface area contributed by atoms with Gasteiger partial charge in [-0.05, 0) is 75.6 Å². The molecule has 0 atom stereocenters. The molecule has 0 bridgehead atoms. The average molecular weight is 444 g/mol. The second kappa shape index (κ2) is 9.58. The van der Waals surface area contributed by atoms with E-state index < -0.39 is 0 Å². The Bertz CT molecular complexity index is 1280. The first-order chi connectivity index (χ1) is 16.3. The van der Waals surface area contributed by atoms with Crippen molar-refractivity contribution in [2.45, 2.75) is 25.7 Å². The van der Waals surface area contributed by atoms with Crippen molar-refractivity contribution in [3.05, 3.63) is 48.0 Å². The Balaban J connectivity index is 1.43. The first-order valence-electron chi connectivity index (χ1n) is 11.6.